The van der Waals surface area contributed by atoms with Crippen LogP contribution in [-0.4, -0.2) is 10.1 Å². The molecule has 5 nitrogen and oxygen atoms in total. The third kappa shape index (κ3) is 2.22. The summed E-state index contributed by atoms with van der Waals surface area (Å²) in [5, 5.41) is 15.1. The summed E-state index contributed by atoms with van der Waals surface area (Å²) in [6.45, 7) is 3.92. The van der Waals surface area contributed by atoms with Crippen LogP contribution in [0.1, 0.15) is 25.5 Å². The normalized spacial score (nSPS) is 10.9. The van der Waals surface area contributed by atoms with Crippen molar-refractivity contribution < 1.29 is 9.45 Å². The highest BCUT2D eigenvalue weighted by Gasteiger charge is 2.22. The maximum atomic E-state index is 11.0. The number of nitro groups is 1. The van der Waals surface area contributed by atoms with Gasteiger partial charge in [-0.05, 0) is 12.0 Å². The van der Waals surface area contributed by atoms with Gasteiger partial charge >= 0.3 is 0 Å². The first-order valence-electron chi connectivity index (χ1n) is 5.40. The average Bonchev–Trinajstić information content (AvgIpc) is 2.77. The quantitative estimate of drug-likeness (QED) is 0.621. The Morgan fingerprint density at radius 3 is 2.72 bits per heavy atom. The van der Waals surface area contributed by atoms with Crippen molar-refractivity contribution in [3.05, 3.63) is 45.1 Å². The molecule has 0 saturated heterocycles. The van der Waals surface area contributed by atoms with E-state index in [1.165, 1.54) is 12.1 Å². The smallest absolute Gasteiger partial charge is 0.281 e. The fourth-order valence-electron chi connectivity index (χ4n) is 1.59. The summed E-state index contributed by atoms with van der Waals surface area (Å²) >= 11 is 6.00. The van der Waals surface area contributed by atoms with E-state index in [2.05, 4.69) is 5.16 Å². The number of hydrogen-bond acceptors (Lipinski definition) is 4. The summed E-state index contributed by atoms with van der Waals surface area (Å²) in [6, 6.07) is 6.18. The summed E-state index contributed by atoms with van der Waals surface area (Å²) in [7, 11) is 0. The molecule has 0 aliphatic carbocycles. The van der Waals surface area contributed by atoms with E-state index < -0.39 is 4.92 Å². The van der Waals surface area contributed by atoms with E-state index in [9.17, 15) is 10.1 Å². The van der Waals surface area contributed by atoms with Crippen molar-refractivity contribution in [3.8, 4) is 11.3 Å². The lowest BCUT2D eigenvalue weighted by Crippen LogP contribution is -1.91. The molecule has 0 unspecified atom stereocenters. The number of nitro benzene ring substituents is 1. The zero-order valence-corrected chi connectivity index (χ0v) is 10.6. The summed E-state index contributed by atoms with van der Waals surface area (Å²) in [6.07, 6.45) is 0. The molecule has 0 fully saturated rings. The van der Waals surface area contributed by atoms with Crippen LogP contribution in [0.15, 0.2) is 28.8 Å². The number of hydrogen-bond donors (Lipinski definition) is 0. The second kappa shape index (κ2) is 4.78. The van der Waals surface area contributed by atoms with E-state index in [0.717, 1.165) is 5.69 Å². The molecule has 0 N–H and O–H groups in total. The first kappa shape index (κ1) is 12.6. The van der Waals surface area contributed by atoms with Crippen LogP contribution in [0.3, 0.4) is 0 Å². The van der Waals surface area contributed by atoms with Gasteiger partial charge in [0.15, 0.2) is 5.76 Å². The predicted octanol–water partition coefficient (Wildman–Crippen LogP) is 4.03. The first-order chi connectivity index (χ1) is 8.50. The molecule has 1 aromatic heterocycles. The average molecular weight is 267 g/mol. The van der Waals surface area contributed by atoms with Gasteiger partial charge in [0.05, 0.1) is 15.6 Å². The van der Waals surface area contributed by atoms with Gasteiger partial charge in [-0.2, -0.15) is 0 Å². The molecule has 2 rings (SSSR count). The van der Waals surface area contributed by atoms with Crippen molar-refractivity contribution >= 4 is 17.3 Å². The highest BCUT2D eigenvalue weighted by Crippen LogP contribution is 2.37. The molecule has 0 spiro atoms. The lowest BCUT2D eigenvalue weighted by Gasteiger charge is -2.00. The molecule has 0 saturated carbocycles. The summed E-state index contributed by atoms with van der Waals surface area (Å²) in [5.41, 5.74) is 0.914. The van der Waals surface area contributed by atoms with E-state index in [1.54, 1.807) is 12.1 Å². The van der Waals surface area contributed by atoms with Gasteiger partial charge in [0.1, 0.15) is 5.56 Å². The van der Waals surface area contributed by atoms with Crippen molar-refractivity contribution in [1.29, 1.82) is 0 Å². The Labute approximate surface area is 109 Å². The molecule has 0 amide bonds. The molecule has 1 aromatic carbocycles. The maximum absolute atomic E-state index is 11.0. The maximum Gasteiger partial charge on any atom is 0.281 e. The predicted molar refractivity (Wildman–Crippen MR) is 67.7 cm³/mol. The number of rotatable bonds is 3. The van der Waals surface area contributed by atoms with Crippen LogP contribution in [0, 0.1) is 10.1 Å². The molecule has 0 radical (unpaired) electrons. The lowest BCUT2D eigenvalue weighted by atomic mass is 10.1. The van der Waals surface area contributed by atoms with E-state index in [0.29, 0.717) is 5.76 Å². The van der Waals surface area contributed by atoms with Gasteiger partial charge in [-0.15, -0.1) is 0 Å². The Morgan fingerprint density at radius 1 is 1.44 bits per heavy atom. The third-order valence-electron chi connectivity index (χ3n) is 2.55. The van der Waals surface area contributed by atoms with E-state index in [-0.39, 0.29) is 22.2 Å². The standard InChI is InChI=1S/C12H11ClN2O3/c1-7(2)9-6-11(18-14-9)12-8(13)4-3-5-10(12)15(16)17/h3-7H,1-2H3. The molecule has 18 heavy (non-hydrogen) atoms. The minimum Gasteiger partial charge on any atom is -0.356 e. The molecule has 2 aromatic rings. The van der Waals surface area contributed by atoms with Crippen LogP contribution in [0.25, 0.3) is 11.3 Å². The van der Waals surface area contributed by atoms with E-state index >= 15 is 0 Å². The van der Waals surface area contributed by atoms with Crippen LogP contribution in [0.5, 0.6) is 0 Å². The van der Waals surface area contributed by atoms with Gasteiger partial charge in [-0.25, -0.2) is 0 Å². The highest BCUT2D eigenvalue weighted by molar-refractivity contribution is 6.33. The topological polar surface area (TPSA) is 69.2 Å². The molecule has 6 heteroatoms. The molecule has 0 aliphatic rings. The molecule has 1 heterocycles. The summed E-state index contributed by atoms with van der Waals surface area (Å²) in [5.74, 6) is 0.500. The van der Waals surface area contributed by atoms with Gasteiger partial charge < -0.3 is 4.52 Å². The molecular formula is C12H11ClN2O3. The fourth-order valence-corrected chi connectivity index (χ4v) is 1.85. The van der Waals surface area contributed by atoms with Gasteiger partial charge in [-0.3, -0.25) is 10.1 Å². The van der Waals surface area contributed by atoms with E-state index in [1.807, 2.05) is 13.8 Å². The lowest BCUT2D eigenvalue weighted by molar-refractivity contribution is -0.384. The van der Waals surface area contributed by atoms with E-state index in [4.69, 9.17) is 16.1 Å². The molecule has 0 atom stereocenters. The number of nitrogens with zero attached hydrogens (tertiary/aromatic N) is 2. The summed E-state index contributed by atoms with van der Waals surface area (Å²) < 4.78 is 5.14. The van der Waals surface area contributed by atoms with Crippen LogP contribution < -0.4 is 0 Å². The van der Waals surface area contributed by atoms with Crippen LogP contribution in [-0.2, 0) is 0 Å². The molecule has 0 bridgehead atoms. The second-order valence-corrected chi connectivity index (χ2v) is 4.57. The van der Waals surface area contributed by atoms with Gasteiger partial charge in [0.2, 0.25) is 0 Å². The summed E-state index contributed by atoms with van der Waals surface area (Å²) in [4.78, 5) is 10.5. The van der Waals surface area contributed by atoms with Crippen molar-refractivity contribution in [2.24, 2.45) is 0 Å². The van der Waals surface area contributed by atoms with Crippen LogP contribution in [0.4, 0.5) is 5.69 Å². The highest BCUT2D eigenvalue weighted by atomic mass is 35.5. The van der Waals surface area contributed by atoms with Gasteiger partial charge in [0, 0.05) is 12.1 Å². The van der Waals surface area contributed by atoms with Crippen LogP contribution >= 0.6 is 11.6 Å². The first-order valence-corrected chi connectivity index (χ1v) is 5.78. The Bertz CT molecular complexity index is 593. The largest absolute Gasteiger partial charge is 0.356 e. The zero-order chi connectivity index (χ0) is 13.3. The Kier molecular flexibility index (Phi) is 3.34. The number of aromatic nitrogens is 1. The minimum absolute atomic E-state index is 0.0889. The monoisotopic (exact) mass is 266 g/mol. The van der Waals surface area contributed by atoms with Crippen molar-refractivity contribution in [1.82, 2.24) is 5.16 Å². The van der Waals surface area contributed by atoms with Gasteiger partial charge in [0.25, 0.3) is 5.69 Å². The fraction of sp³-hybridized carbons (Fsp3) is 0.250. The van der Waals surface area contributed by atoms with Crippen molar-refractivity contribution in [3.63, 3.8) is 0 Å². The number of halogens is 1. The minimum atomic E-state index is -0.487. The molecule has 94 valence electrons. The second-order valence-electron chi connectivity index (χ2n) is 4.16. The third-order valence-corrected chi connectivity index (χ3v) is 2.87. The zero-order valence-electron chi connectivity index (χ0n) is 9.88. The number of benzene rings is 1. The molecule has 0 aliphatic heterocycles. The van der Waals surface area contributed by atoms with Crippen molar-refractivity contribution in [2.45, 2.75) is 19.8 Å². The SMILES string of the molecule is CC(C)c1cc(-c2c(Cl)cccc2[N+](=O)[O-])on1. The van der Waals surface area contributed by atoms with Crippen LogP contribution in [0.2, 0.25) is 5.02 Å². The Morgan fingerprint density at radius 2 is 2.17 bits per heavy atom. The van der Waals surface area contributed by atoms with Gasteiger partial charge in [-0.1, -0.05) is 36.7 Å². The Hall–Kier alpha value is -1.88. The van der Waals surface area contributed by atoms with Crippen molar-refractivity contribution in [2.75, 3.05) is 0 Å². The molecular weight excluding hydrogens is 256 g/mol. The Balaban J connectivity index is 2.58.